The number of hydrogen-bond acceptors (Lipinski definition) is 1. The Balaban J connectivity index is 2.03. The Morgan fingerprint density at radius 2 is 2.12 bits per heavy atom. The average molecular weight is 223 g/mol. The van der Waals surface area contributed by atoms with E-state index in [1.807, 2.05) is 6.20 Å². The second-order valence-electron chi connectivity index (χ2n) is 4.10. The van der Waals surface area contributed by atoms with Crippen LogP contribution >= 0.6 is 0 Å². The van der Waals surface area contributed by atoms with E-state index in [1.165, 1.54) is 18.4 Å². The van der Waals surface area contributed by atoms with Gasteiger partial charge in [0.15, 0.2) is 0 Å². The first-order chi connectivity index (χ1) is 7.74. The van der Waals surface area contributed by atoms with Crippen molar-refractivity contribution in [1.29, 1.82) is 0 Å². The van der Waals surface area contributed by atoms with Gasteiger partial charge in [0.25, 0.3) is 0 Å². The third-order valence-corrected chi connectivity index (χ3v) is 2.93. The zero-order chi connectivity index (χ0) is 11.1. The van der Waals surface area contributed by atoms with E-state index < -0.39 is 6.61 Å². The molecule has 0 bridgehead atoms. The lowest BCUT2D eigenvalue weighted by Gasteiger charge is -2.04. The standard InChI is InChI=1S/C12H11F2NO/c13-12(14)16-8-3-4-11-9(5-8)10(6-15-11)7-1-2-7/h3-7,12,15H,1-2H2. The zero-order valence-electron chi connectivity index (χ0n) is 8.54. The van der Waals surface area contributed by atoms with Crippen LogP contribution < -0.4 is 4.74 Å². The Kier molecular flexibility index (Phi) is 2.09. The number of alkyl halides is 2. The molecule has 1 heterocycles. The molecule has 3 rings (SSSR count). The predicted molar refractivity (Wildman–Crippen MR) is 56.9 cm³/mol. The van der Waals surface area contributed by atoms with E-state index in [4.69, 9.17) is 0 Å². The second-order valence-corrected chi connectivity index (χ2v) is 4.10. The highest BCUT2D eigenvalue weighted by atomic mass is 19.3. The minimum atomic E-state index is -2.76. The van der Waals surface area contributed by atoms with Gasteiger partial charge in [-0.3, -0.25) is 0 Å². The molecule has 0 spiro atoms. The van der Waals surface area contributed by atoms with E-state index in [0.717, 1.165) is 10.9 Å². The van der Waals surface area contributed by atoms with Gasteiger partial charge >= 0.3 is 6.61 Å². The Hall–Kier alpha value is -1.58. The maximum absolute atomic E-state index is 12.1. The van der Waals surface area contributed by atoms with Crippen molar-refractivity contribution in [2.45, 2.75) is 25.4 Å². The molecule has 0 saturated heterocycles. The molecular formula is C12H11F2NO. The van der Waals surface area contributed by atoms with Crippen molar-refractivity contribution in [2.24, 2.45) is 0 Å². The van der Waals surface area contributed by atoms with Crippen LogP contribution in [0.25, 0.3) is 10.9 Å². The van der Waals surface area contributed by atoms with Crippen molar-refractivity contribution >= 4 is 10.9 Å². The van der Waals surface area contributed by atoms with Crippen LogP contribution in [-0.2, 0) is 0 Å². The van der Waals surface area contributed by atoms with Crippen LogP contribution in [0.4, 0.5) is 8.78 Å². The highest BCUT2D eigenvalue weighted by molar-refractivity contribution is 5.85. The molecule has 1 N–H and O–H groups in total. The third kappa shape index (κ3) is 1.64. The van der Waals surface area contributed by atoms with Crippen molar-refractivity contribution in [3.63, 3.8) is 0 Å². The molecule has 1 aliphatic carbocycles. The maximum atomic E-state index is 12.1. The van der Waals surface area contributed by atoms with Crippen molar-refractivity contribution in [1.82, 2.24) is 4.98 Å². The van der Waals surface area contributed by atoms with E-state index in [0.29, 0.717) is 5.92 Å². The highest BCUT2D eigenvalue weighted by Crippen LogP contribution is 2.43. The average Bonchev–Trinajstić information content (AvgIpc) is 2.98. The number of aromatic nitrogens is 1. The van der Waals surface area contributed by atoms with Gasteiger partial charge in [-0.05, 0) is 42.5 Å². The number of benzene rings is 1. The summed E-state index contributed by atoms with van der Waals surface area (Å²) < 4.78 is 28.6. The minimum Gasteiger partial charge on any atom is -0.435 e. The fraction of sp³-hybridized carbons (Fsp3) is 0.333. The van der Waals surface area contributed by atoms with E-state index in [-0.39, 0.29) is 5.75 Å². The summed E-state index contributed by atoms with van der Waals surface area (Å²) in [6.07, 6.45) is 4.34. The molecule has 1 aromatic carbocycles. The van der Waals surface area contributed by atoms with Crippen LogP contribution in [0.2, 0.25) is 0 Å². The normalized spacial score (nSPS) is 15.9. The number of aromatic amines is 1. The Labute approximate surface area is 91.2 Å². The maximum Gasteiger partial charge on any atom is 0.387 e. The van der Waals surface area contributed by atoms with E-state index in [1.54, 1.807) is 18.2 Å². The molecule has 16 heavy (non-hydrogen) atoms. The van der Waals surface area contributed by atoms with Crippen LogP contribution in [0.15, 0.2) is 24.4 Å². The monoisotopic (exact) mass is 223 g/mol. The molecular weight excluding hydrogens is 212 g/mol. The van der Waals surface area contributed by atoms with Crippen LogP contribution in [0.5, 0.6) is 5.75 Å². The number of rotatable bonds is 3. The molecule has 0 atom stereocenters. The van der Waals surface area contributed by atoms with E-state index in [9.17, 15) is 8.78 Å². The zero-order valence-corrected chi connectivity index (χ0v) is 8.54. The van der Waals surface area contributed by atoms with Gasteiger partial charge < -0.3 is 9.72 Å². The first kappa shape index (κ1) is 9.63. The lowest BCUT2D eigenvalue weighted by molar-refractivity contribution is -0.0497. The summed E-state index contributed by atoms with van der Waals surface area (Å²) in [5, 5.41) is 1.00. The summed E-state index contributed by atoms with van der Waals surface area (Å²) in [4.78, 5) is 3.15. The molecule has 1 saturated carbocycles. The van der Waals surface area contributed by atoms with Crippen LogP contribution in [-0.4, -0.2) is 11.6 Å². The van der Waals surface area contributed by atoms with Gasteiger partial charge in [0.05, 0.1) is 0 Å². The molecule has 0 unspecified atom stereocenters. The minimum absolute atomic E-state index is 0.226. The first-order valence-corrected chi connectivity index (χ1v) is 5.30. The smallest absolute Gasteiger partial charge is 0.387 e. The number of hydrogen-bond donors (Lipinski definition) is 1. The molecule has 1 fully saturated rings. The van der Waals surface area contributed by atoms with Crippen molar-refractivity contribution < 1.29 is 13.5 Å². The summed E-state index contributed by atoms with van der Waals surface area (Å²) in [6.45, 7) is -2.76. The van der Waals surface area contributed by atoms with Gasteiger partial charge in [-0.1, -0.05) is 0 Å². The fourth-order valence-corrected chi connectivity index (χ4v) is 2.03. The van der Waals surface area contributed by atoms with Crippen LogP contribution in [0.1, 0.15) is 24.3 Å². The Bertz CT molecular complexity index is 517. The van der Waals surface area contributed by atoms with Gasteiger partial charge in [0.1, 0.15) is 5.75 Å². The van der Waals surface area contributed by atoms with E-state index >= 15 is 0 Å². The summed E-state index contributed by atoms with van der Waals surface area (Å²) >= 11 is 0. The molecule has 2 aromatic rings. The van der Waals surface area contributed by atoms with Crippen LogP contribution in [0, 0.1) is 0 Å². The topological polar surface area (TPSA) is 25.0 Å². The predicted octanol–water partition coefficient (Wildman–Crippen LogP) is 3.65. The number of nitrogens with one attached hydrogen (secondary N) is 1. The van der Waals surface area contributed by atoms with Crippen molar-refractivity contribution in [3.05, 3.63) is 30.0 Å². The third-order valence-electron chi connectivity index (χ3n) is 2.93. The highest BCUT2D eigenvalue weighted by Gasteiger charge is 2.26. The summed E-state index contributed by atoms with van der Waals surface area (Å²) in [5.41, 5.74) is 2.19. The van der Waals surface area contributed by atoms with Gasteiger partial charge in [0.2, 0.25) is 0 Å². The molecule has 84 valence electrons. The Morgan fingerprint density at radius 3 is 2.81 bits per heavy atom. The Morgan fingerprint density at radius 1 is 1.31 bits per heavy atom. The molecule has 0 amide bonds. The van der Waals surface area contributed by atoms with Gasteiger partial charge in [-0.2, -0.15) is 8.78 Å². The summed E-state index contributed by atoms with van der Waals surface area (Å²) in [6, 6.07) is 5.02. The van der Waals surface area contributed by atoms with Crippen LogP contribution in [0.3, 0.4) is 0 Å². The molecule has 0 radical (unpaired) electrons. The number of H-pyrrole nitrogens is 1. The fourth-order valence-electron chi connectivity index (χ4n) is 2.03. The SMILES string of the molecule is FC(F)Oc1ccc2[nH]cc(C3CC3)c2c1. The van der Waals surface area contributed by atoms with Gasteiger partial charge in [-0.25, -0.2) is 0 Å². The lowest BCUT2D eigenvalue weighted by atomic mass is 10.1. The van der Waals surface area contributed by atoms with Crippen molar-refractivity contribution in [3.8, 4) is 5.75 Å². The molecule has 1 aromatic heterocycles. The lowest BCUT2D eigenvalue weighted by Crippen LogP contribution is -2.01. The quantitative estimate of drug-likeness (QED) is 0.844. The molecule has 4 heteroatoms. The van der Waals surface area contributed by atoms with Gasteiger partial charge in [-0.15, -0.1) is 0 Å². The largest absolute Gasteiger partial charge is 0.435 e. The van der Waals surface area contributed by atoms with E-state index in [2.05, 4.69) is 9.72 Å². The summed E-state index contributed by atoms with van der Waals surface area (Å²) in [5.74, 6) is 0.819. The molecule has 2 nitrogen and oxygen atoms in total. The molecule has 0 aliphatic heterocycles. The molecule has 1 aliphatic rings. The summed E-state index contributed by atoms with van der Waals surface area (Å²) in [7, 11) is 0. The number of ether oxygens (including phenoxy) is 1. The van der Waals surface area contributed by atoms with Crippen molar-refractivity contribution in [2.75, 3.05) is 0 Å². The number of fused-ring (bicyclic) bond motifs is 1. The number of halogens is 2. The second kappa shape index (κ2) is 3.47. The van der Waals surface area contributed by atoms with Gasteiger partial charge in [0, 0.05) is 17.1 Å². The first-order valence-electron chi connectivity index (χ1n) is 5.30.